The van der Waals surface area contributed by atoms with Crippen LogP contribution in [0.1, 0.15) is 5.69 Å². The fraction of sp³-hybridized carbons (Fsp3) is 0.200. The number of hydrogen-bond acceptors (Lipinski definition) is 3. The number of methoxy groups -OCH3 is 1. The van der Waals surface area contributed by atoms with Crippen LogP contribution in [0, 0.1) is 11.3 Å². The molecule has 70 valence electrons. The first kappa shape index (κ1) is 8.57. The third-order valence-corrected chi connectivity index (χ3v) is 2.10. The number of aromatic amines is 1. The fourth-order valence-electron chi connectivity index (χ4n) is 1.44. The number of rotatable bonds is 2. The highest BCUT2D eigenvalue weighted by molar-refractivity contribution is 5.86. The predicted molar refractivity (Wildman–Crippen MR) is 52.0 cm³/mol. The van der Waals surface area contributed by atoms with Gasteiger partial charge in [0.25, 0.3) is 0 Å². The number of nitrogens with one attached hydrogen (secondary N) is 1. The second-order valence-corrected chi connectivity index (χ2v) is 2.89. The number of nitriles is 1. The molecule has 4 heteroatoms. The molecule has 1 aromatic heterocycles. The number of para-hydroxylation sites is 1. The summed E-state index contributed by atoms with van der Waals surface area (Å²) in [5, 5.41) is 16.5. The molecule has 0 radical (unpaired) electrons. The van der Waals surface area contributed by atoms with Gasteiger partial charge in [0.05, 0.1) is 25.3 Å². The lowest BCUT2D eigenvalue weighted by molar-refractivity contribution is 0.419. The summed E-state index contributed by atoms with van der Waals surface area (Å²) < 4.78 is 5.15. The van der Waals surface area contributed by atoms with Crippen molar-refractivity contribution in [2.75, 3.05) is 7.11 Å². The molecule has 0 atom stereocenters. The van der Waals surface area contributed by atoms with Crippen molar-refractivity contribution in [2.45, 2.75) is 6.42 Å². The molecule has 0 aliphatic carbocycles. The minimum absolute atomic E-state index is 0.337. The average molecular weight is 187 g/mol. The van der Waals surface area contributed by atoms with E-state index >= 15 is 0 Å². The molecule has 2 rings (SSSR count). The van der Waals surface area contributed by atoms with Crippen molar-refractivity contribution < 1.29 is 4.74 Å². The van der Waals surface area contributed by atoms with Crippen LogP contribution in [-0.4, -0.2) is 17.3 Å². The van der Waals surface area contributed by atoms with E-state index in [-0.39, 0.29) is 0 Å². The number of nitrogens with zero attached hydrogens (tertiary/aromatic N) is 2. The van der Waals surface area contributed by atoms with E-state index in [1.54, 1.807) is 7.11 Å². The standard InChI is InChI=1S/C10H9N3O/c1-14-9-4-2-3-7-8(5-6-11)12-13-10(7)9/h2-4H,5H2,1H3,(H,12,13). The van der Waals surface area contributed by atoms with Gasteiger partial charge in [0.2, 0.25) is 0 Å². The Morgan fingerprint density at radius 3 is 3.14 bits per heavy atom. The quantitative estimate of drug-likeness (QED) is 0.777. The van der Waals surface area contributed by atoms with Gasteiger partial charge in [0.15, 0.2) is 0 Å². The highest BCUT2D eigenvalue weighted by Gasteiger charge is 2.08. The van der Waals surface area contributed by atoms with Crippen molar-refractivity contribution in [3.05, 3.63) is 23.9 Å². The van der Waals surface area contributed by atoms with E-state index in [1.165, 1.54) is 0 Å². The molecule has 0 aliphatic rings. The van der Waals surface area contributed by atoms with Crippen LogP contribution in [0.2, 0.25) is 0 Å². The monoisotopic (exact) mass is 187 g/mol. The molecular weight excluding hydrogens is 178 g/mol. The molecule has 14 heavy (non-hydrogen) atoms. The number of benzene rings is 1. The molecule has 0 aliphatic heterocycles. The summed E-state index contributed by atoms with van der Waals surface area (Å²) in [7, 11) is 1.60. The summed E-state index contributed by atoms with van der Waals surface area (Å²) in [5.41, 5.74) is 1.61. The van der Waals surface area contributed by atoms with Gasteiger partial charge in [-0.25, -0.2) is 0 Å². The van der Waals surface area contributed by atoms with Crippen LogP contribution in [0.25, 0.3) is 10.9 Å². The van der Waals surface area contributed by atoms with Crippen LogP contribution in [0.5, 0.6) is 5.75 Å². The number of fused-ring (bicyclic) bond motifs is 1. The highest BCUT2D eigenvalue weighted by atomic mass is 16.5. The van der Waals surface area contributed by atoms with Crippen molar-refractivity contribution in [2.24, 2.45) is 0 Å². The average Bonchev–Trinajstić information content (AvgIpc) is 2.62. The Morgan fingerprint density at radius 2 is 2.43 bits per heavy atom. The van der Waals surface area contributed by atoms with Gasteiger partial charge in [-0.15, -0.1) is 0 Å². The Kier molecular flexibility index (Phi) is 2.07. The maximum absolute atomic E-state index is 8.59. The molecule has 1 N–H and O–H groups in total. The van der Waals surface area contributed by atoms with E-state index in [9.17, 15) is 0 Å². The van der Waals surface area contributed by atoms with E-state index in [0.29, 0.717) is 6.42 Å². The van der Waals surface area contributed by atoms with Crippen molar-refractivity contribution in [3.8, 4) is 11.8 Å². The van der Waals surface area contributed by atoms with E-state index < -0.39 is 0 Å². The lowest BCUT2D eigenvalue weighted by atomic mass is 10.1. The Hall–Kier alpha value is -2.02. The summed E-state index contributed by atoms with van der Waals surface area (Å²) in [4.78, 5) is 0. The smallest absolute Gasteiger partial charge is 0.146 e. The SMILES string of the molecule is COc1cccc2c(CC#N)[nH]nc12. The van der Waals surface area contributed by atoms with E-state index in [2.05, 4.69) is 16.3 Å². The topological polar surface area (TPSA) is 61.7 Å². The van der Waals surface area contributed by atoms with Crippen LogP contribution in [0.15, 0.2) is 18.2 Å². The summed E-state index contributed by atoms with van der Waals surface area (Å²) in [6.45, 7) is 0. The van der Waals surface area contributed by atoms with E-state index in [0.717, 1.165) is 22.3 Å². The molecule has 0 fully saturated rings. The molecule has 0 spiro atoms. The highest BCUT2D eigenvalue weighted by Crippen LogP contribution is 2.25. The van der Waals surface area contributed by atoms with Gasteiger partial charge in [0, 0.05) is 5.39 Å². The Balaban J connectivity index is 2.64. The normalized spacial score (nSPS) is 10.0. The van der Waals surface area contributed by atoms with Gasteiger partial charge in [-0.05, 0) is 6.07 Å². The van der Waals surface area contributed by atoms with Gasteiger partial charge in [0.1, 0.15) is 11.3 Å². The van der Waals surface area contributed by atoms with Crippen molar-refractivity contribution in [1.82, 2.24) is 10.2 Å². The summed E-state index contributed by atoms with van der Waals surface area (Å²) in [5.74, 6) is 0.725. The molecular formula is C10H9N3O. The van der Waals surface area contributed by atoms with Crippen molar-refractivity contribution >= 4 is 10.9 Å². The van der Waals surface area contributed by atoms with Crippen LogP contribution in [0.3, 0.4) is 0 Å². The molecule has 0 saturated carbocycles. The van der Waals surface area contributed by atoms with Gasteiger partial charge in [-0.2, -0.15) is 10.4 Å². The number of ether oxygens (including phenoxy) is 1. The number of aromatic nitrogens is 2. The van der Waals surface area contributed by atoms with Crippen LogP contribution in [-0.2, 0) is 6.42 Å². The molecule has 1 aromatic carbocycles. The maximum atomic E-state index is 8.59. The summed E-state index contributed by atoms with van der Waals surface area (Å²) in [6.07, 6.45) is 0.337. The second kappa shape index (κ2) is 3.38. The van der Waals surface area contributed by atoms with Gasteiger partial charge in [-0.3, -0.25) is 5.10 Å². The molecule has 0 saturated heterocycles. The fourth-order valence-corrected chi connectivity index (χ4v) is 1.44. The van der Waals surface area contributed by atoms with E-state index in [4.69, 9.17) is 10.00 Å². The van der Waals surface area contributed by atoms with Crippen LogP contribution >= 0.6 is 0 Å². The van der Waals surface area contributed by atoms with Crippen LogP contribution < -0.4 is 4.74 Å². The van der Waals surface area contributed by atoms with E-state index in [1.807, 2.05) is 18.2 Å². The first-order chi connectivity index (χ1) is 6.86. The summed E-state index contributed by atoms with van der Waals surface area (Å²) in [6, 6.07) is 7.75. The minimum atomic E-state index is 0.337. The van der Waals surface area contributed by atoms with Gasteiger partial charge >= 0.3 is 0 Å². The van der Waals surface area contributed by atoms with Crippen molar-refractivity contribution in [1.29, 1.82) is 5.26 Å². The van der Waals surface area contributed by atoms with Crippen molar-refractivity contribution in [3.63, 3.8) is 0 Å². The Bertz CT molecular complexity index is 496. The molecule has 1 heterocycles. The molecule has 2 aromatic rings. The van der Waals surface area contributed by atoms with Gasteiger partial charge < -0.3 is 4.74 Å². The van der Waals surface area contributed by atoms with Gasteiger partial charge in [-0.1, -0.05) is 12.1 Å². The molecule has 0 bridgehead atoms. The first-order valence-electron chi connectivity index (χ1n) is 4.23. The largest absolute Gasteiger partial charge is 0.494 e. The summed E-state index contributed by atoms with van der Waals surface area (Å²) >= 11 is 0. The Morgan fingerprint density at radius 1 is 1.57 bits per heavy atom. The zero-order chi connectivity index (χ0) is 9.97. The third-order valence-electron chi connectivity index (χ3n) is 2.10. The molecule has 0 unspecified atom stereocenters. The molecule has 4 nitrogen and oxygen atoms in total. The van der Waals surface area contributed by atoms with Crippen LogP contribution in [0.4, 0.5) is 0 Å². The third kappa shape index (κ3) is 1.19. The Labute approximate surface area is 81.1 Å². The number of H-pyrrole nitrogens is 1. The zero-order valence-corrected chi connectivity index (χ0v) is 7.74. The lowest BCUT2D eigenvalue weighted by Gasteiger charge is -1.98. The lowest BCUT2D eigenvalue weighted by Crippen LogP contribution is -1.84. The zero-order valence-electron chi connectivity index (χ0n) is 7.74. The molecule has 0 amide bonds. The second-order valence-electron chi connectivity index (χ2n) is 2.89. The minimum Gasteiger partial charge on any atom is -0.494 e. The predicted octanol–water partition coefficient (Wildman–Crippen LogP) is 1.64. The maximum Gasteiger partial charge on any atom is 0.146 e. The number of hydrogen-bond donors (Lipinski definition) is 1. The first-order valence-corrected chi connectivity index (χ1v) is 4.23.